The lowest BCUT2D eigenvalue weighted by Gasteiger charge is -2.53. The lowest BCUT2D eigenvalue weighted by molar-refractivity contribution is -0.00367. The van der Waals surface area contributed by atoms with Crippen LogP contribution in [0.25, 0.3) is 33.6 Å². The molecule has 3 aromatic carbocycles. The van der Waals surface area contributed by atoms with Crippen LogP contribution in [0.2, 0.25) is 5.02 Å². The van der Waals surface area contributed by atoms with Crippen LogP contribution in [0.1, 0.15) is 50.7 Å². The van der Waals surface area contributed by atoms with Gasteiger partial charge >= 0.3 is 0 Å². The molecule has 0 saturated heterocycles. The van der Waals surface area contributed by atoms with Gasteiger partial charge in [0.05, 0.1) is 16.6 Å². The molecule has 5 aromatic rings. The van der Waals surface area contributed by atoms with Gasteiger partial charge in [0.25, 0.3) is 0 Å². The molecule has 204 valence electrons. The number of fused-ring (bicyclic) bond motifs is 8. The molecule has 0 bridgehead atoms. The molecule has 0 amide bonds. The highest BCUT2D eigenvalue weighted by Gasteiger charge is 2.55. The zero-order valence-electron chi connectivity index (χ0n) is 23.1. The van der Waals surface area contributed by atoms with E-state index in [4.69, 9.17) is 21.3 Å². The third-order valence-corrected chi connectivity index (χ3v) is 11.0. The van der Waals surface area contributed by atoms with Gasteiger partial charge in [-0.2, -0.15) is 0 Å². The lowest BCUT2D eigenvalue weighted by atomic mass is 9.61. The van der Waals surface area contributed by atoms with Crippen molar-refractivity contribution >= 4 is 51.2 Å². The van der Waals surface area contributed by atoms with Gasteiger partial charge in [-0.1, -0.05) is 65.8 Å². The fourth-order valence-corrected chi connectivity index (χ4v) is 8.81. The number of aromatic nitrogens is 2. The van der Waals surface area contributed by atoms with Crippen LogP contribution in [-0.4, -0.2) is 19.9 Å². The quantitative estimate of drug-likeness (QED) is 0.200. The number of hydrogen-bond acceptors (Lipinski definition) is 4. The predicted octanol–water partition coefficient (Wildman–Crippen LogP) is 8.80. The van der Waals surface area contributed by atoms with Crippen molar-refractivity contribution in [2.45, 2.75) is 54.9 Å². The van der Waals surface area contributed by atoms with Gasteiger partial charge < -0.3 is 4.74 Å². The number of benzene rings is 3. The Morgan fingerprint density at radius 2 is 1.78 bits per heavy atom. The molecule has 3 atom stereocenters. The smallest absolute Gasteiger partial charge is 0.207 e. The number of thioether (sulfide) groups is 1. The third kappa shape index (κ3) is 3.68. The number of nitrogens with zero attached hydrogens (tertiary/aromatic N) is 2. The molecule has 1 fully saturated rings. The molecule has 2 aliphatic heterocycles. The zero-order valence-corrected chi connectivity index (χ0v) is 24.7. The van der Waals surface area contributed by atoms with E-state index in [1.807, 2.05) is 72.4 Å². The Hall–Kier alpha value is -3.54. The zero-order chi connectivity index (χ0) is 28.1. The number of ether oxygens (including phenoxy) is 1. The predicted molar refractivity (Wildman–Crippen MR) is 169 cm³/mol. The van der Waals surface area contributed by atoms with Gasteiger partial charge in [0, 0.05) is 43.6 Å². The van der Waals surface area contributed by atoms with E-state index in [1.165, 1.54) is 5.57 Å². The van der Waals surface area contributed by atoms with Crippen molar-refractivity contribution < 1.29 is 4.74 Å². The topological polar surface area (TPSA) is 44.1 Å². The summed E-state index contributed by atoms with van der Waals surface area (Å²) in [4.78, 5) is 19.5. The van der Waals surface area contributed by atoms with E-state index in [-0.39, 0.29) is 22.0 Å². The Balaban J connectivity index is 1.44. The number of rotatable bonds is 1. The van der Waals surface area contributed by atoms with Gasteiger partial charge in [0.2, 0.25) is 5.88 Å². The van der Waals surface area contributed by atoms with Crippen molar-refractivity contribution in [3.05, 3.63) is 111 Å². The minimum atomic E-state index is -0.464. The molecule has 0 N–H and O–H groups in total. The van der Waals surface area contributed by atoms with Crippen molar-refractivity contribution in [1.29, 1.82) is 0 Å². The summed E-state index contributed by atoms with van der Waals surface area (Å²) in [6, 6.07) is 26.3. The summed E-state index contributed by atoms with van der Waals surface area (Å²) in [6.45, 7) is 6.70. The summed E-state index contributed by atoms with van der Waals surface area (Å²) in [7, 11) is 0. The Labute approximate surface area is 248 Å². The van der Waals surface area contributed by atoms with Gasteiger partial charge in [0.1, 0.15) is 10.6 Å². The Bertz CT molecular complexity index is 2000. The second-order valence-electron chi connectivity index (χ2n) is 12.2. The highest BCUT2D eigenvalue weighted by molar-refractivity contribution is 8.01. The van der Waals surface area contributed by atoms with Gasteiger partial charge in [-0.3, -0.25) is 9.36 Å². The first-order chi connectivity index (χ1) is 19.7. The van der Waals surface area contributed by atoms with Crippen LogP contribution in [0, 0.1) is 5.92 Å². The molecule has 3 unspecified atom stereocenters. The summed E-state index contributed by atoms with van der Waals surface area (Å²) >= 11 is 8.13. The molecule has 4 heterocycles. The van der Waals surface area contributed by atoms with Crippen LogP contribution in [0.3, 0.4) is 0 Å². The van der Waals surface area contributed by atoms with Crippen LogP contribution in [0.5, 0.6) is 5.88 Å². The van der Waals surface area contributed by atoms with E-state index >= 15 is 0 Å². The number of para-hydroxylation sites is 2. The number of hydrogen-bond donors (Lipinski definition) is 0. The fourth-order valence-electron chi connectivity index (χ4n) is 7.32. The first-order valence-corrected chi connectivity index (χ1v) is 15.4. The molecule has 3 aliphatic rings. The first kappa shape index (κ1) is 25.2. The molecule has 1 saturated carbocycles. The fraction of sp³-hybridized carbons (Fsp3) is 0.257. The third-order valence-electron chi connectivity index (χ3n) is 9.33. The second kappa shape index (κ2) is 8.73. The van der Waals surface area contributed by atoms with Crippen molar-refractivity contribution in [2.75, 3.05) is 0 Å². The monoisotopic (exact) mass is 576 g/mol. The van der Waals surface area contributed by atoms with Crippen LogP contribution in [0.4, 0.5) is 0 Å². The summed E-state index contributed by atoms with van der Waals surface area (Å²) in [5, 5.41) is 3.50. The highest BCUT2D eigenvalue weighted by Crippen LogP contribution is 2.62. The van der Waals surface area contributed by atoms with E-state index < -0.39 is 5.60 Å². The molecule has 0 spiro atoms. The maximum absolute atomic E-state index is 14.5. The Morgan fingerprint density at radius 1 is 1.00 bits per heavy atom. The number of halogens is 1. The molecular weight excluding hydrogens is 548 g/mol. The molecule has 6 heteroatoms. The van der Waals surface area contributed by atoms with Gasteiger partial charge in [-0.25, -0.2) is 4.98 Å². The molecule has 41 heavy (non-hydrogen) atoms. The van der Waals surface area contributed by atoms with E-state index in [2.05, 4.69) is 49.6 Å². The normalized spacial score (nSPS) is 24.0. The molecular formula is C35H29ClN2O2S. The maximum Gasteiger partial charge on any atom is 0.207 e. The lowest BCUT2D eigenvalue weighted by Crippen LogP contribution is -2.52. The number of pyridine rings is 2. The Kier molecular flexibility index (Phi) is 5.37. The molecule has 1 aliphatic carbocycles. The minimum Gasteiger partial charge on any atom is -0.472 e. The SMILES string of the molecule is CC12CCC3C(C1=Cc1cc4ccc(Cl)cc4nc1S2)c1c(n(-c2ccccc2)c2ccccc2c1=O)OC3(C)C. The molecule has 0 radical (unpaired) electrons. The van der Waals surface area contributed by atoms with Crippen molar-refractivity contribution in [3.8, 4) is 11.6 Å². The largest absolute Gasteiger partial charge is 0.472 e. The summed E-state index contributed by atoms with van der Waals surface area (Å²) in [5.74, 6) is 0.765. The molecule has 8 rings (SSSR count). The van der Waals surface area contributed by atoms with Gasteiger partial charge in [-0.15, -0.1) is 0 Å². The van der Waals surface area contributed by atoms with Gasteiger partial charge in [0.15, 0.2) is 5.43 Å². The average molecular weight is 577 g/mol. The van der Waals surface area contributed by atoms with Crippen LogP contribution >= 0.6 is 23.4 Å². The van der Waals surface area contributed by atoms with E-state index in [1.54, 1.807) is 0 Å². The van der Waals surface area contributed by atoms with Crippen molar-refractivity contribution in [3.63, 3.8) is 0 Å². The summed E-state index contributed by atoms with van der Waals surface area (Å²) in [5.41, 5.74) is 5.54. The standard InChI is InChI=1S/C35H29ClN2O2S/c1-34(2)25-15-16-35(3)26(18-21-17-20-13-14-22(36)19-27(20)37-32(21)41-35)29(25)30-31(39)24-11-7-8-12-28(24)38(33(30)40-34)23-9-5-4-6-10-23/h4-14,17-19,25,29H,15-16H2,1-3H3. The van der Waals surface area contributed by atoms with E-state index in [9.17, 15) is 4.79 Å². The van der Waals surface area contributed by atoms with Crippen LogP contribution in [-0.2, 0) is 0 Å². The summed E-state index contributed by atoms with van der Waals surface area (Å²) < 4.78 is 8.88. The molecule has 2 aromatic heterocycles. The Morgan fingerprint density at radius 3 is 2.61 bits per heavy atom. The minimum absolute atomic E-state index is 0.0684. The van der Waals surface area contributed by atoms with Crippen LogP contribution < -0.4 is 10.2 Å². The summed E-state index contributed by atoms with van der Waals surface area (Å²) in [6.07, 6.45) is 4.28. The van der Waals surface area contributed by atoms with E-state index in [0.29, 0.717) is 10.9 Å². The molecule has 4 nitrogen and oxygen atoms in total. The second-order valence-corrected chi connectivity index (χ2v) is 14.1. The van der Waals surface area contributed by atoms with Crippen LogP contribution in [0.15, 0.2) is 94.3 Å². The van der Waals surface area contributed by atoms with Crippen molar-refractivity contribution in [1.82, 2.24) is 9.55 Å². The first-order valence-electron chi connectivity index (χ1n) is 14.2. The maximum atomic E-state index is 14.5. The highest BCUT2D eigenvalue weighted by atomic mass is 35.5. The van der Waals surface area contributed by atoms with Crippen molar-refractivity contribution in [2.24, 2.45) is 5.92 Å². The van der Waals surface area contributed by atoms with E-state index in [0.717, 1.165) is 56.5 Å². The average Bonchev–Trinajstić information content (AvgIpc) is 2.95. The van der Waals surface area contributed by atoms with Gasteiger partial charge in [-0.05, 0) is 81.7 Å².